The van der Waals surface area contributed by atoms with Gasteiger partial charge in [-0.3, -0.25) is 4.79 Å². The SMILES string of the molecule is CNC(=O)c1ccc(CNC(C)C2CCCN(C)C2)cc1. The fourth-order valence-corrected chi connectivity index (χ4v) is 2.98. The number of rotatable bonds is 5. The molecular weight excluding hydrogens is 262 g/mol. The fourth-order valence-electron chi connectivity index (χ4n) is 2.98. The molecule has 21 heavy (non-hydrogen) atoms. The Morgan fingerprint density at radius 2 is 2.10 bits per heavy atom. The van der Waals surface area contributed by atoms with Crippen LogP contribution in [0.2, 0.25) is 0 Å². The van der Waals surface area contributed by atoms with Gasteiger partial charge in [0.1, 0.15) is 0 Å². The number of benzene rings is 1. The zero-order valence-electron chi connectivity index (χ0n) is 13.4. The van der Waals surface area contributed by atoms with Crippen molar-refractivity contribution in [3.8, 4) is 0 Å². The second kappa shape index (κ2) is 7.57. The third-order valence-electron chi connectivity index (χ3n) is 4.44. The van der Waals surface area contributed by atoms with Gasteiger partial charge in [-0.05, 0) is 57.0 Å². The van der Waals surface area contributed by atoms with Crippen molar-refractivity contribution in [2.24, 2.45) is 5.92 Å². The molecule has 116 valence electrons. The molecule has 0 radical (unpaired) electrons. The van der Waals surface area contributed by atoms with Gasteiger partial charge in [-0.1, -0.05) is 12.1 Å². The first kappa shape index (κ1) is 16.0. The van der Waals surface area contributed by atoms with Crippen LogP contribution < -0.4 is 10.6 Å². The second-order valence-corrected chi connectivity index (χ2v) is 6.11. The van der Waals surface area contributed by atoms with Gasteiger partial charge in [-0.15, -0.1) is 0 Å². The van der Waals surface area contributed by atoms with Gasteiger partial charge < -0.3 is 15.5 Å². The number of carbonyl (C=O) groups excluding carboxylic acids is 1. The van der Waals surface area contributed by atoms with Crippen LogP contribution in [0.5, 0.6) is 0 Å². The van der Waals surface area contributed by atoms with Crippen molar-refractivity contribution in [2.45, 2.75) is 32.4 Å². The van der Waals surface area contributed by atoms with Gasteiger partial charge in [0.15, 0.2) is 0 Å². The minimum absolute atomic E-state index is 0.0341. The molecule has 1 heterocycles. The summed E-state index contributed by atoms with van der Waals surface area (Å²) in [5.74, 6) is 0.696. The lowest BCUT2D eigenvalue weighted by Gasteiger charge is -2.34. The summed E-state index contributed by atoms with van der Waals surface area (Å²) in [7, 11) is 3.86. The van der Waals surface area contributed by atoms with E-state index in [1.807, 2.05) is 24.3 Å². The van der Waals surface area contributed by atoms with Crippen LogP contribution in [-0.2, 0) is 6.54 Å². The predicted octanol–water partition coefficient (Wildman–Crippen LogP) is 1.87. The number of hydrogen-bond acceptors (Lipinski definition) is 3. The fraction of sp³-hybridized carbons (Fsp3) is 0.588. The van der Waals surface area contributed by atoms with Crippen LogP contribution in [0.25, 0.3) is 0 Å². The third kappa shape index (κ3) is 4.55. The van der Waals surface area contributed by atoms with Gasteiger partial charge in [-0.25, -0.2) is 0 Å². The number of piperidine rings is 1. The van der Waals surface area contributed by atoms with Crippen molar-refractivity contribution in [3.05, 3.63) is 35.4 Å². The number of amides is 1. The van der Waals surface area contributed by atoms with E-state index >= 15 is 0 Å². The van der Waals surface area contributed by atoms with Crippen LogP contribution in [0.1, 0.15) is 35.7 Å². The number of nitrogens with zero attached hydrogens (tertiary/aromatic N) is 1. The summed E-state index contributed by atoms with van der Waals surface area (Å²) >= 11 is 0. The smallest absolute Gasteiger partial charge is 0.251 e. The zero-order valence-corrected chi connectivity index (χ0v) is 13.4. The number of hydrogen-bond donors (Lipinski definition) is 2. The van der Waals surface area contributed by atoms with E-state index in [-0.39, 0.29) is 5.91 Å². The molecule has 4 heteroatoms. The van der Waals surface area contributed by atoms with E-state index in [2.05, 4.69) is 29.5 Å². The molecule has 0 aliphatic carbocycles. The van der Waals surface area contributed by atoms with Crippen molar-refractivity contribution < 1.29 is 4.79 Å². The van der Waals surface area contributed by atoms with Crippen molar-refractivity contribution in [3.63, 3.8) is 0 Å². The Hall–Kier alpha value is -1.39. The van der Waals surface area contributed by atoms with E-state index in [0.29, 0.717) is 11.6 Å². The highest BCUT2D eigenvalue weighted by Crippen LogP contribution is 2.18. The number of likely N-dealkylation sites (tertiary alicyclic amines) is 1. The molecule has 1 saturated heterocycles. The molecule has 4 nitrogen and oxygen atoms in total. The van der Waals surface area contributed by atoms with Crippen molar-refractivity contribution in [1.82, 2.24) is 15.5 Å². The average Bonchev–Trinajstić information content (AvgIpc) is 2.52. The quantitative estimate of drug-likeness (QED) is 0.870. The average molecular weight is 289 g/mol. The summed E-state index contributed by atoms with van der Waals surface area (Å²) in [5.41, 5.74) is 1.93. The summed E-state index contributed by atoms with van der Waals surface area (Å²) in [6.07, 6.45) is 2.61. The molecule has 1 amide bonds. The van der Waals surface area contributed by atoms with E-state index in [1.54, 1.807) is 7.05 Å². The van der Waals surface area contributed by atoms with Crippen LogP contribution in [0.4, 0.5) is 0 Å². The number of carbonyl (C=O) groups is 1. The molecule has 1 aliphatic heterocycles. The van der Waals surface area contributed by atoms with Crippen molar-refractivity contribution >= 4 is 5.91 Å². The van der Waals surface area contributed by atoms with Crippen LogP contribution in [0.3, 0.4) is 0 Å². The molecule has 2 rings (SSSR count). The first-order chi connectivity index (χ1) is 10.1. The zero-order chi connectivity index (χ0) is 15.2. The Labute approximate surface area is 127 Å². The molecule has 1 aromatic carbocycles. The van der Waals surface area contributed by atoms with Crippen LogP contribution in [0.15, 0.2) is 24.3 Å². The highest BCUT2D eigenvalue weighted by molar-refractivity contribution is 5.93. The standard InChI is InChI=1S/C17H27N3O/c1-13(16-5-4-10-20(3)12-16)19-11-14-6-8-15(9-7-14)17(21)18-2/h6-9,13,16,19H,4-5,10-12H2,1-3H3,(H,18,21). The molecule has 2 atom stereocenters. The molecule has 0 bridgehead atoms. The topological polar surface area (TPSA) is 44.4 Å². The molecule has 1 aromatic rings. The molecule has 0 saturated carbocycles. The molecule has 0 aromatic heterocycles. The lowest BCUT2D eigenvalue weighted by molar-refractivity contribution is 0.0963. The van der Waals surface area contributed by atoms with Crippen LogP contribution in [-0.4, -0.2) is 44.0 Å². The molecular formula is C17H27N3O. The summed E-state index contributed by atoms with van der Waals surface area (Å²) in [5, 5.41) is 6.26. The molecule has 0 spiro atoms. The first-order valence-electron chi connectivity index (χ1n) is 7.83. The Balaban J connectivity index is 1.83. The Morgan fingerprint density at radius 3 is 2.71 bits per heavy atom. The summed E-state index contributed by atoms with van der Waals surface area (Å²) in [6.45, 7) is 5.55. The van der Waals surface area contributed by atoms with Crippen molar-refractivity contribution in [1.29, 1.82) is 0 Å². The van der Waals surface area contributed by atoms with Gasteiger partial charge in [0.05, 0.1) is 0 Å². The monoisotopic (exact) mass is 289 g/mol. The largest absolute Gasteiger partial charge is 0.355 e. The van der Waals surface area contributed by atoms with Gasteiger partial charge in [0.2, 0.25) is 0 Å². The lowest BCUT2D eigenvalue weighted by Crippen LogP contribution is -2.42. The molecule has 1 aliphatic rings. The van der Waals surface area contributed by atoms with E-state index in [9.17, 15) is 4.79 Å². The van der Waals surface area contributed by atoms with Gasteiger partial charge in [0, 0.05) is 31.7 Å². The molecule has 2 unspecified atom stereocenters. The molecule has 2 N–H and O–H groups in total. The van der Waals surface area contributed by atoms with Crippen LogP contribution >= 0.6 is 0 Å². The third-order valence-corrected chi connectivity index (χ3v) is 4.44. The van der Waals surface area contributed by atoms with E-state index in [0.717, 1.165) is 12.5 Å². The predicted molar refractivity (Wildman–Crippen MR) is 86.4 cm³/mol. The summed E-state index contributed by atoms with van der Waals surface area (Å²) in [6, 6.07) is 8.34. The Morgan fingerprint density at radius 1 is 1.38 bits per heavy atom. The maximum atomic E-state index is 11.5. The van der Waals surface area contributed by atoms with E-state index in [1.165, 1.54) is 31.5 Å². The maximum Gasteiger partial charge on any atom is 0.251 e. The Kier molecular flexibility index (Phi) is 5.76. The van der Waals surface area contributed by atoms with E-state index in [4.69, 9.17) is 0 Å². The van der Waals surface area contributed by atoms with Crippen LogP contribution in [0, 0.1) is 5.92 Å². The first-order valence-corrected chi connectivity index (χ1v) is 7.83. The Bertz CT molecular complexity index is 458. The van der Waals surface area contributed by atoms with Gasteiger partial charge in [0.25, 0.3) is 5.91 Å². The van der Waals surface area contributed by atoms with Crippen molar-refractivity contribution in [2.75, 3.05) is 27.2 Å². The minimum Gasteiger partial charge on any atom is -0.355 e. The normalized spacial score (nSPS) is 21.0. The maximum absolute atomic E-state index is 11.5. The number of nitrogens with one attached hydrogen (secondary N) is 2. The van der Waals surface area contributed by atoms with Gasteiger partial charge in [-0.2, -0.15) is 0 Å². The highest BCUT2D eigenvalue weighted by atomic mass is 16.1. The summed E-state index contributed by atoms with van der Waals surface area (Å²) < 4.78 is 0. The summed E-state index contributed by atoms with van der Waals surface area (Å²) in [4.78, 5) is 13.9. The minimum atomic E-state index is -0.0341. The van der Waals surface area contributed by atoms with E-state index < -0.39 is 0 Å². The lowest BCUT2D eigenvalue weighted by atomic mass is 9.92. The highest BCUT2D eigenvalue weighted by Gasteiger charge is 2.22. The molecule has 1 fully saturated rings. The van der Waals surface area contributed by atoms with Gasteiger partial charge >= 0.3 is 0 Å². The second-order valence-electron chi connectivity index (χ2n) is 6.11.